The number of furan rings is 1. The molecule has 2 saturated carbocycles. The van der Waals surface area contributed by atoms with Gasteiger partial charge in [-0.25, -0.2) is 4.79 Å². The highest BCUT2D eigenvalue weighted by Crippen LogP contribution is 2.50. The van der Waals surface area contributed by atoms with Crippen molar-refractivity contribution in [2.45, 2.75) is 63.5 Å². The largest absolute Gasteiger partial charge is 0.464 e. The number of anilines is 1. The van der Waals surface area contributed by atoms with Crippen molar-refractivity contribution in [2.75, 3.05) is 5.32 Å². The SMILES string of the molecule is CC(C)NC(=O)O[C@@H]1CC[C@H](c2cc(NC(=O)[C@@H]3C[C@H]3c3cccc4occc34)n[nH]2)C1. The summed E-state index contributed by atoms with van der Waals surface area (Å²) in [4.78, 5) is 24.6. The zero-order valence-corrected chi connectivity index (χ0v) is 18.3. The van der Waals surface area contributed by atoms with E-state index < -0.39 is 0 Å². The Labute approximate surface area is 186 Å². The Hall–Kier alpha value is -3.29. The lowest BCUT2D eigenvalue weighted by molar-refractivity contribution is -0.117. The fourth-order valence-corrected chi connectivity index (χ4v) is 4.75. The Bertz CT molecular complexity index is 1130. The maximum absolute atomic E-state index is 12.8. The molecule has 2 fully saturated rings. The predicted molar refractivity (Wildman–Crippen MR) is 119 cm³/mol. The first-order valence-corrected chi connectivity index (χ1v) is 11.3. The molecule has 0 radical (unpaired) electrons. The van der Waals surface area contributed by atoms with Gasteiger partial charge in [0.15, 0.2) is 5.82 Å². The van der Waals surface area contributed by atoms with Crippen LogP contribution < -0.4 is 10.6 Å². The third-order valence-electron chi connectivity index (χ3n) is 6.41. The van der Waals surface area contributed by atoms with Crippen molar-refractivity contribution < 1.29 is 18.7 Å². The van der Waals surface area contributed by atoms with Gasteiger partial charge in [-0.2, -0.15) is 5.10 Å². The molecule has 0 bridgehead atoms. The molecule has 8 heteroatoms. The second-order valence-corrected chi connectivity index (χ2v) is 9.16. The Kier molecular flexibility index (Phi) is 5.36. The summed E-state index contributed by atoms with van der Waals surface area (Å²) in [5.74, 6) is 0.918. The second kappa shape index (κ2) is 8.33. The summed E-state index contributed by atoms with van der Waals surface area (Å²) in [6.45, 7) is 3.81. The third kappa shape index (κ3) is 4.22. The number of nitrogens with zero attached hydrogens (tertiary/aromatic N) is 1. The molecule has 168 valence electrons. The zero-order chi connectivity index (χ0) is 22.2. The topological polar surface area (TPSA) is 109 Å². The van der Waals surface area contributed by atoms with Gasteiger partial charge in [-0.05, 0) is 63.1 Å². The smallest absolute Gasteiger partial charge is 0.407 e. The first-order valence-electron chi connectivity index (χ1n) is 11.3. The lowest BCUT2D eigenvalue weighted by Crippen LogP contribution is -2.33. The van der Waals surface area contributed by atoms with Crippen molar-refractivity contribution in [1.82, 2.24) is 15.5 Å². The molecule has 32 heavy (non-hydrogen) atoms. The molecule has 2 aliphatic rings. The van der Waals surface area contributed by atoms with Gasteiger partial charge in [0.2, 0.25) is 5.91 Å². The third-order valence-corrected chi connectivity index (χ3v) is 6.41. The fourth-order valence-electron chi connectivity index (χ4n) is 4.75. The van der Waals surface area contributed by atoms with E-state index in [9.17, 15) is 9.59 Å². The van der Waals surface area contributed by atoms with Gasteiger partial charge in [0, 0.05) is 35.0 Å². The molecular weight excluding hydrogens is 408 g/mol. The number of fused-ring (bicyclic) bond motifs is 1. The van der Waals surface area contributed by atoms with Crippen molar-refractivity contribution in [3.05, 3.63) is 47.9 Å². The minimum atomic E-state index is -0.367. The average molecular weight is 437 g/mol. The number of H-pyrrole nitrogens is 1. The van der Waals surface area contributed by atoms with Crippen LogP contribution in [-0.2, 0) is 9.53 Å². The van der Waals surface area contributed by atoms with Crippen LogP contribution in [-0.4, -0.2) is 34.3 Å². The highest BCUT2D eigenvalue weighted by atomic mass is 16.6. The minimum absolute atomic E-state index is 0.00784. The van der Waals surface area contributed by atoms with Crippen molar-refractivity contribution in [2.24, 2.45) is 5.92 Å². The van der Waals surface area contributed by atoms with E-state index in [2.05, 4.69) is 26.9 Å². The predicted octanol–water partition coefficient (Wildman–Crippen LogP) is 4.67. The Morgan fingerprint density at radius 2 is 2.09 bits per heavy atom. The van der Waals surface area contributed by atoms with Crippen LogP contribution in [0.2, 0.25) is 0 Å². The van der Waals surface area contributed by atoms with Gasteiger partial charge in [0.1, 0.15) is 11.7 Å². The summed E-state index contributed by atoms with van der Waals surface area (Å²) in [5, 5.41) is 14.1. The van der Waals surface area contributed by atoms with Gasteiger partial charge in [0.05, 0.1) is 6.26 Å². The summed E-state index contributed by atoms with van der Waals surface area (Å²) >= 11 is 0. The molecule has 0 aliphatic heterocycles. The van der Waals surface area contributed by atoms with E-state index in [1.807, 2.05) is 38.1 Å². The van der Waals surface area contributed by atoms with E-state index in [0.717, 1.165) is 47.9 Å². The van der Waals surface area contributed by atoms with Crippen LogP contribution in [0.15, 0.2) is 41.0 Å². The van der Waals surface area contributed by atoms with Crippen molar-refractivity contribution in [3.8, 4) is 0 Å². The number of aromatic amines is 1. The van der Waals surface area contributed by atoms with E-state index in [1.54, 1.807) is 6.26 Å². The first-order chi connectivity index (χ1) is 15.5. The lowest BCUT2D eigenvalue weighted by atomic mass is 10.0. The maximum atomic E-state index is 12.8. The number of ether oxygens (including phenoxy) is 1. The monoisotopic (exact) mass is 436 g/mol. The molecule has 2 amide bonds. The minimum Gasteiger partial charge on any atom is -0.464 e. The van der Waals surface area contributed by atoms with Gasteiger partial charge >= 0.3 is 6.09 Å². The molecule has 0 unspecified atom stereocenters. The number of carbonyl (C=O) groups is 2. The van der Waals surface area contributed by atoms with Crippen LogP contribution in [0, 0.1) is 5.92 Å². The van der Waals surface area contributed by atoms with Crippen molar-refractivity contribution in [3.63, 3.8) is 0 Å². The molecule has 3 N–H and O–H groups in total. The molecule has 2 aromatic heterocycles. The maximum Gasteiger partial charge on any atom is 0.407 e. The summed E-state index contributed by atoms with van der Waals surface area (Å²) < 4.78 is 11.0. The molecule has 0 saturated heterocycles. The number of aromatic nitrogens is 2. The Morgan fingerprint density at radius 3 is 2.94 bits per heavy atom. The summed E-state index contributed by atoms with van der Waals surface area (Å²) in [7, 11) is 0. The average Bonchev–Trinajstić information content (AvgIpc) is 3.11. The molecule has 0 spiro atoms. The van der Waals surface area contributed by atoms with Gasteiger partial charge in [-0.15, -0.1) is 0 Å². The molecule has 2 aliphatic carbocycles. The highest BCUT2D eigenvalue weighted by Gasteiger charge is 2.45. The van der Waals surface area contributed by atoms with Crippen LogP contribution in [0.5, 0.6) is 0 Å². The van der Waals surface area contributed by atoms with E-state index in [4.69, 9.17) is 9.15 Å². The van der Waals surface area contributed by atoms with E-state index in [0.29, 0.717) is 5.82 Å². The van der Waals surface area contributed by atoms with Crippen molar-refractivity contribution in [1.29, 1.82) is 0 Å². The van der Waals surface area contributed by atoms with Gasteiger partial charge in [-0.1, -0.05) is 12.1 Å². The summed E-state index contributed by atoms with van der Waals surface area (Å²) in [5.41, 5.74) is 2.98. The quantitative estimate of drug-likeness (QED) is 0.520. The van der Waals surface area contributed by atoms with E-state index in [-0.39, 0.29) is 41.9 Å². The number of nitrogens with one attached hydrogen (secondary N) is 3. The van der Waals surface area contributed by atoms with Crippen molar-refractivity contribution >= 4 is 28.8 Å². The zero-order valence-electron chi connectivity index (χ0n) is 18.3. The van der Waals surface area contributed by atoms with E-state index >= 15 is 0 Å². The molecule has 5 rings (SSSR count). The van der Waals surface area contributed by atoms with Gasteiger partial charge in [-0.3, -0.25) is 9.89 Å². The van der Waals surface area contributed by atoms with E-state index in [1.165, 1.54) is 0 Å². The molecular formula is C24H28N4O4. The molecule has 3 aromatic rings. The fraction of sp³-hybridized carbons (Fsp3) is 0.458. The lowest BCUT2D eigenvalue weighted by Gasteiger charge is -2.14. The normalized spacial score (nSPS) is 24.6. The molecule has 1 aromatic carbocycles. The van der Waals surface area contributed by atoms with Gasteiger partial charge < -0.3 is 19.8 Å². The number of rotatable bonds is 6. The van der Waals surface area contributed by atoms with Crippen LogP contribution >= 0.6 is 0 Å². The number of benzene rings is 1. The number of hydrogen-bond acceptors (Lipinski definition) is 5. The van der Waals surface area contributed by atoms with Gasteiger partial charge in [0.25, 0.3) is 0 Å². The summed E-state index contributed by atoms with van der Waals surface area (Å²) in [6.07, 6.45) is 4.53. The number of alkyl carbamates (subject to hydrolysis) is 1. The number of hydrogen-bond donors (Lipinski definition) is 3. The van der Waals surface area contributed by atoms with Crippen LogP contribution in [0.4, 0.5) is 10.6 Å². The highest BCUT2D eigenvalue weighted by molar-refractivity contribution is 5.95. The first kappa shape index (κ1) is 20.6. The molecule has 4 atom stereocenters. The standard InChI is InChI=1S/C24H28N4O4/c1-13(2)25-24(30)32-15-7-6-14(10-15)20-12-22(28-27-20)26-23(29)19-11-18(19)16-4-3-5-21-17(16)8-9-31-21/h3-5,8-9,12-15,18-19H,6-7,10-11H2,1-2H3,(H,25,30)(H2,26,27,28,29)/t14-,15+,18-,19+/m0/s1. The Morgan fingerprint density at radius 1 is 1.22 bits per heavy atom. The molecule has 2 heterocycles. The number of amides is 2. The van der Waals surface area contributed by atoms with Crippen LogP contribution in [0.25, 0.3) is 11.0 Å². The van der Waals surface area contributed by atoms with Crippen LogP contribution in [0.1, 0.15) is 62.6 Å². The second-order valence-electron chi connectivity index (χ2n) is 9.16. The Balaban J connectivity index is 1.15. The summed E-state index contributed by atoms with van der Waals surface area (Å²) in [6, 6.07) is 9.90. The van der Waals surface area contributed by atoms with Crippen LogP contribution in [0.3, 0.4) is 0 Å². The number of carbonyl (C=O) groups excluding carboxylic acids is 2. The molecule has 8 nitrogen and oxygen atoms in total.